The summed E-state index contributed by atoms with van der Waals surface area (Å²) in [5, 5.41) is 3.45. The Hall–Kier alpha value is -2.82. The zero-order valence-electron chi connectivity index (χ0n) is 16.2. The maximum atomic E-state index is 13.0. The third-order valence-corrected chi connectivity index (χ3v) is 5.14. The van der Waals surface area contributed by atoms with Crippen molar-refractivity contribution in [3.8, 4) is 0 Å². The van der Waals surface area contributed by atoms with Crippen LogP contribution >= 0.6 is 0 Å². The van der Waals surface area contributed by atoms with Gasteiger partial charge in [0.15, 0.2) is 0 Å². The van der Waals surface area contributed by atoms with Gasteiger partial charge in [-0.05, 0) is 44.0 Å². The van der Waals surface area contributed by atoms with Crippen LogP contribution in [0.4, 0.5) is 5.69 Å². The number of carbonyl (C=O) groups is 2. The second-order valence-corrected chi connectivity index (χ2v) is 7.43. The van der Waals surface area contributed by atoms with Crippen molar-refractivity contribution in [2.45, 2.75) is 25.3 Å². The Morgan fingerprint density at radius 2 is 1.67 bits per heavy atom. The number of rotatable bonds is 4. The third-order valence-electron chi connectivity index (χ3n) is 5.14. The predicted molar refractivity (Wildman–Crippen MR) is 108 cm³/mol. The van der Waals surface area contributed by atoms with E-state index in [-0.39, 0.29) is 11.8 Å². The molecule has 5 nitrogen and oxygen atoms in total. The van der Waals surface area contributed by atoms with Crippen LogP contribution in [0.15, 0.2) is 54.6 Å². The second-order valence-electron chi connectivity index (χ2n) is 7.43. The molecule has 0 aromatic heterocycles. The molecule has 0 radical (unpaired) electrons. The molecule has 5 heteroatoms. The summed E-state index contributed by atoms with van der Waals surface area (Å²) in [6.45, 7) is 3.08. The molecule has 0 spiro atoms. The number of likely N-dealkylation sites (tertiary alicyclic amines) is 1. The number of carbonyl (C=O) groups excluding carboxylic acids is 2. The molecule has 0 saturated carbocycles. The monoisotopic (exact) mass is 365 g/mol. The summed E-state index contributed by atoms with van der Waals surface area (Å²) < 4.78 is 0. The highest BCUT2D eigenvalue weighted by Gasteiger charge is 2.43. The number of hydrogen-bond acceptors (Lipinski definition) is 3. The Balaban J connectivity index is 1.77. The topological polar surface area (TPSA) is 52.7 Å². The maximum absolute atomic E-state index is 13.0. The summed E-state index contributed by atoms with van der Waals surface area (Å²) in [6.07, 6.45) is 1.16. The fourth-order valence-corrected chi connectivity index (χ4v) is 3.67. The van der Waals surface area contributed by atoms with Crippen molar-refractivity contribution in [2.75, 3.05) is 32.5 Å². The molecule has 1 N–H and O–H groups in total. The van der Waals surface area contributed by atoms with E-state index in [0.29, 0.717) is 31.5 Å². The number of piperidine rings is 1. The van der Waals surface area contributed by atoms with Gasteiger partial charge in [0.05, 0.1) is 0 Å². The van der Waals surface area contributed by atoms with Gasteiger partial charge in [0.2, 0.25) is 5.91 Å². The van der Waals surface area contributed by atoms with Gasteiger partial charge in [-0.25, -0.2) is 0 Å². The largest absolute Gasteiger partial charge is 0.371 e. The lowest BCUT2D eigenvalue weighted by molar-refractivity contribution is -0.135. The van der Waals surface area contributed by atoms with E-state index >= 15 is 0 Å². The van der Waals surface area contributed by atoms with Gasteiger partial charge in [-0.15, -0.1) is 0 Å². The van der Waals surface area contributed by atoms with Crippen LogP contribution in [0, 0.1) is 6.92 Å². The Bertz CT molecular complexity index is 809. The smallest absolute Gasteiger partial charge is 0.253 e. The van der Waals surface area contributed by atoms with Crippen LogP contribution in [-0.4, -0.2) is 54.3 Å². The first-order valence-electron chi connectivity index (χ1n) is 9.32. The zero-order chi connectivity index (χ0) is 19.4. The lowest BCUT2D eigenvalue weighted by Gasteiger charge is -2.43. The number of para-hydroxylation sites is 1. The van der Waals surface area contributed by atoms with Crippen molar-refractivity contribution >= 4 is 17.5 Å². The minimum atomic E-state index is -0.686. The number of likely N-dealkylation sites (N-methyl/N-ethyl adjacent to an activating group) is 1. The fourth-order valence-electron chi connectivity index (χ4n) is 3.67. The van der Waals surface area contributed by atoms with Gasteiger partial charge < -0.3 is 15.1 Å². The maximum Gasteiger partial charge on any atom is 0.253 e. The minimum absolute atomic E-state index is 0.0318. The Labute approximate surface area is 161 Å². The van der Waals surface area contributed by atoms with Gasteiger partial charge in [0, 0.05) is 38.4 Å². The lowest BCUT2D eigenvalue weighted by Crippen LogP contribution is -2.58. The predicted octanol–water partition coefficient (Wildman–Crippen LogP) is 3.17. The van der Waals surface area contributed by atoms with E-state index < -0.39 is 5.54 Å². The van der Waals surface area contributed by atoms with Gasteiger partial charge in [0.25, 0.3) is 5.91 Å². The van der Waals surface area contributed by atoms with E-state index in [4.69, 9.17) is 0 Å². The lowest BCUT2D eigenvalue weighted by atomic mass is 9.85. The number of aryl methyl sites for hydroxylation is 1. The van der Waals surface area contributed by atoms with Crippen molar-refractivity contribution in [3.05, 3.63) is 65.7 Å². The van der Waals surface area contributed by atoms with Crippen LogP contribution in [0.1, 0.15) is 28.8 Å². The van der Waals surface area contributed by atoms with Gasteiger partial charge in [0.1, 0.15) is 5.54 Å². The number of hydrogen-bond donors (Lipinski definition) is 1. The highest BCUT2D eigenvalue weighted by Crippen LogP contribution is 2.29. The van der Waals surface area contributed by atoms with E-state index in [0.717, 1.165) is 11.3 Å². The van der Waals surface area contributed by atoms with Crippen LogP contribution in [0.2, 0.25) is 0 Å². The molecule has 1 heterocycles. The average molecular weight is 365 g/mol. The molecule has 0 atom stereocenters. The number of nitrogens with one attached hydrogen (secondary N) is 1. The van der Waals surface area contributed by atoms with Gasteiger partial charge in [-0.2, -0.15) is 0 Å². The van der Waals surface area contributed by atoms with E-state index in [9.17, 15) is 9.59 Å². The van der Waals surface area contributed by atoms with E-state index in [1.54, 1.807) is 19.0 Å². The molecular formula is C22H27N3O2. The fraction of sp³-hybridized carbons (Fsp3) is 0.364. The van der Waals surface area contributed by atoms with Crippen molar-refractivity contribution in [2.24, 2.45) is 0 Å². The van der Waals surface area contributed by atoms with Crippen molar-refractivity contribution in [1.82, 2.24) is 9.80 Å². The summed E-state index contributed by atoms with van der Waals surface area (Å²) in [4.78, 5) is 29.3. The first-order valence-corrected chi connectivity index (χ1v) is 9.32. The molecule has 142 valence electrons. The van der Waals surface area contributed by atoms with Crippen LogP contribution in [-0.2, 0) is 4.79 Å². The first-order chi connectivity index (χ1) is 12.9. The SMILES string of the molecule is Cc1cccc(C(=O)N2CCC(Nc3ccccc3)(C(=O)N(C)C)CC2)c1. The first kappa shape index (κ1) is 19.0. The highest BCUT2D eigenvalue weighted by molar-refractivity contribution is 5.95. The van der Waals surface area contributed by atoms with Crippen LogP contribution in [0.3, 0.4) is 0 Å². The van der Waals surface area contributed by atoms with Gasteiger partial charge >= 0.3 is 0 Å². The molecule has 2 amide bonds. The minimum Gasteiger partial charge on any atom is -0.371 e. The standard InChI is InChI=1S/C22H27N3O2/c1-17-8-7-9-18(16-17)20(26)25-14-12-22(13-15-25,21(27)24(2)3)23-19-10-5-4-6-11-19/h4-11,16,23H,12-15H2,1-3H3. The summed E-state index contributed by atoms with van der Waals surface area (Å²) in [5.74, 6) is 0.0818. The molecule has 1 aliphatic rings. The summed E-state index contributed by atoms with van der Waals surface area (Å²) >= 11 is 0. The summed E-state index contributed by atoms with van der Waals surface area (Å²) in [6, 6.07) is 17.4. The van der Waals surface area contributed by atoms with Crippen LogP contribution < -0.4 is 5.32 Å². The Kier molecular flexibility index (Phi) is 5.49. The Morgan fingerprint density at radius 1 is 1.00 bits per heavy atom. The van der Waals surface area contributed by atoms with Crippen molar-refractivity contribution < 1.29 is 9.59 Å². The van der Waals surface area contributed by atoms with E-state index in [2.05, 4.69) is 5.32 Å². The Morgan fingerprint density at radius 3 is 2.26 bits per heavy atom. The molecule has 0 bridgehead atoms. The molecule has 0 unspecified atom stereocenters. The number of amides is 2. The van der Waals surface area contributed by atoms with E-state index in [1.807, 2.05) is 66.4 Å². The average Bonchev–Trinajstić information content (AvgIpc) is 2.68. The van der Waals surface area contributed by atoms with Crippen molar-refractivity contribution in [3.63, 3.8) is 0 Å². The van der Waals surface area contributed by atoms with Gasteiger partial charge in [-0.3, -0.25) is 9.59 Å². The summed E-state index contributed by atoms with van der Waals surface area (Å²) in [7, 11) is 3.56. The molecule has 2 aromatic carbocycles. The second kappa shape index (κ2) is 7.82. The van der Waals surface area contributed by atoms with Crippen LogP contribution in [0.5, 0.6) is 0 Å². The number of anilines is 1. The number of nitrogens with zero attached hydrogens (tertiary/aromatic N) is 2. The molecule has 2 aromatic rings. The molecule has 1 saturated heterocycles. The highest BCUT2D eigenvalue weighted by atomic mass is 16.2. The molecular weight excluding hydrogens is 338 g/mol. The van der Waals surface area contributed by atoms with Crippen LogP contribution in [0.25, 0.3) is 0 Å². The molecule has 27 heavy (non-hydrogen) atoms. The normalized spacial score (nSPS) is 15.9. The molecule has 0 aliphatic carbocycles. The summed E-state index contributed by atoms with van der Waals surface area (Å²) in [5.41, 5.74) is 2.01. The zero-order valence-corrected chi connectivity index (χ0v) is 16.2. The number of benzene rings is 2. The molecule has 1 aliphatic heterocycles. The molecule has 1 fully saturated rings. The molecule has 3 rings (SSSR count). The van der Waals surface area contributed by atoms with Gasteiger partial charge in [-0.1, -0.05) is 35.9 Å². The third kappa shape index (κ3) is 4.13. The van der Waals surface area contributed by atoms with Crippen molar-refractivity contribution in [1.29, 1.82) is 0 Å². The quantitative estimate of drug-likeness (QED) is 0.905. The van der Waals surface area contributed by atoms with E-state index in [1.165, 1.54) is 0 Å².